The van der Waals surface area contributed by atoms with Crippen LogP contribution in [0.15, 0.2) is 60.8 Å². The zero-order valence-electron chi connectivity index (χ0n) is 47.4. The number of carbonyl (C=O) groups excluding carboxylic acids is 5. The SMILES string of the molecule is CC[C@H](NC(=O)[C@H]1C[C@@H](NCCOCCOCCC(=O)N(C)CCn2nc3c(c2C#N)-c2cnc(N)c(c2)N2CCC[C@@H]2c2cc(F)ccc2C(=O)N(C2CC2)C3)CN1C(=O)C(CNC(=O)[C@@H](C)NC)C(C)(C)C)c1ccccc1. The molecule has 8 rings (SSSR count). The smallest absolute Gasteiger partial charge is 0.254 e. The lowest BCUT2D eigenvalue weighted by Crippen LogP contribution is -2.53. The van der Waals surface area contributed by atoms with E-state index in [-0.39, 0.29) is 118 Å². The van der Waals surface area contributed by atoms with Gasteiger partial charge in [-0.25, -0.2) is 9.37 Å². The second kappa shape index (κ2) is 26.5. The average molecular weight is 1100 g/mol. The molecular formula is C59H80FN13O7. The molecule has 5 amide bonds. The fourth-order valence-corrected chi connectivity index (χ4v) is 11.2. The monoisotopic (exact) mass is 1100 g/mol. The summed E-state index contributed by atoms with van der Waals surface area (Å²) < 4.78 is 28.2. The van der Waals surface area contributed by atoms with Gasteiger partial charge in [0.05, 0.1) is 81.4 Å². The molecule has 1 saturated carbocycles. The van der Waals surface area contributed by atoms with Gasteiger partial charge < -0.3 is 56.1 Å². The van der Waals surface area contributed by atoms with Crippen LogP contribution in [0.1, 0.15) is 125 Å². The Hall–Kier alpha value is -6.99. The number of likely N-dealkylation sites (N-methyl/N-ethyl adjacent to an activating group) is 2. The summed E-state index contributed by atoms with van der Waals surface area (Å²) in [7, 11) is 3.40. The first kappa shape index (κ1) is 59.1. The van der Waals surface area contributed by atoms with Crippen LogP contribution in [0, 0.1) is 28.5 Å². The van der Waals surface area contributed by atoms with Crippen molar-refractivity contribution in [1.82, 2.24) is 50.7 Å². The number of benzene rings is 2. The number of anilines is 2. The van der Waals surface area contributed by atoms with Gasteiger partial charge in [-0.3, -0.25) is 28.7 Å². The molecule has 6 N–H and O–H groups in total. The maximum atomic E-state index is 14.9. The first-order valence-electron chi connectivity index (χ1n) is 28.3. The van der Waals surface area contributed by atoms with Crippen LogP contribution in [0.5, 0.6) is 0 Å². The molecule has 2 aromatic heterocycles. The minimum atomic E-state index is -0.721. The van der Waals surface area contributed by atoms with E-state index in [1.807, 2.05) is 64.1 Å². The Balaban J connectivity index is 0.828. The van der Waals surface area contributed by atoms with E-state index in [2.05, 4.69) is 37.2 Å². The highest BCUT2D eigenvalue weighted by Gasteiger charge is 2.45. The van der Waals surface area contributed by atoms with E-state index in [9.17, 15) is 33.6 Å². The molecule has 0 radical (unpaired) electrons. The van der Waals surface area contributed by atoms with Gasteiger partial charge in [-0.15, -0.1) is 0 Å². The first-order chi connectivity index (χ1) is 38.4. The van der Waals surface area contributed by atoms with E-state index in [0.717, 1.165) is 24.8 Å². The molecule has 2 saturated heterocycles. The van der Waals surface area contributed by atoms with Crippen LogP contribution in [0.25, 0.3) is 11.1 Å². The third kappa shape index (κ3) is 13.9. The van der Waals surface area contributed by atoms with Crippen LogP contribution < -0.4 is 31.9 Å². The number of carbonyl (C=O) groups is 5. The third-order valence-electron chi connectivity index (χ3n) is 16.1. The van der Waals surface area contributed by atoms with Gasteiger partial charge >= 0.3 is 0 Å². The minimum absolute atomic E-state index is 0.0286. The summed E-state index contributed by atoms with van der Waals surface area (Å²) >= 11 is 0. The van der Waals surface area contributed by atoms with Crippen molar-refractivity contribution in [3.05, 3.63) is 94.7 Å². The van der Waals surface area contributed by atoms with Gasteiger partial charge in [0.25, 0.3) is 5.91 Å². The molecule has 1 aliphatic carbocycles. The van der Waals surface area contributed by atoms with E-state index < -0.39 is 29.2 Å². The van der Waals surface area contributed by atoms with E-state index in [1.54, 1.807) is 52.7 Å². The summed E-state index contributed by atoms with van der Waals surface area (Å²) in [4.78, 5) is 81.0. The van der Waals surface area contributed by atoms with Crippen molar-refractivity contribution in [3.63, 3.8) is 0 Å². The Morgan fingerprint density at radius 2 is 1.76 bits per heavy atom. The fraction of sp³-hybridized carbons (Fsp3) is 0.559. The lowest BCUT2D eigenvalue weighted by atomic mass is 9.79. The van der Waals surface area contributed by atoms with Gasteiger partial charge in [-0.05, 0) is 93.3 Å². The molecule has 21 heteroatoms. The molecule has 2 aromatic carbocycles. The number of nitrogens with one attached hydrogen (secondary N) is 4. The summed E-state index contributed by atoms with van der Waals surface area (Å²) in [6, 6.07) is 16.5. The number of nitriles is 1. The predicted molar refractivity (Wildman–Crippen MR) is 301 cm³/mol. The molecule has 6 atom stereocenters. The number of pyridine rings is 1. The van der Waals surface area contributed by atoms with Crippen molar-refractivity contribution in [2.24, 2.45) is 11.3 Å². The van der Waals surface area contributed by atoms with Gasteiger partial charge in [0, 0.05) is 74.7 Å². The molecule has 430 valence electrons. The lowest BCUT2D eigenvalue weighted by Gasteiger charge is -2.35. The highest BCUT2D eigenvalue weighted by Crippen LogP contribution is 2.44. The van der Waals surface area contributed by atoms with E-state index in [1.165, 1.54) is 12.1 Å². The van der Waals surface area contributed by atoms with Gasteiger partial charge in [0.1, 0.15) is 29.4 Å². The van der Waals surface area contributed by atoms with Crippen molar-refractivity contribution in [1.29, 1.82) is 5.26 Å². The van der Waals surface area contributed by atoms with Crippen molar-refractivity contribution in [3.8, 4) is 17.2 Å². The van der Waals surface area contributed by atoms with E-state index in [0.29, 0.717) is 79.1 Å². The zero-order chi connectivity index (χ0) is 57.3. The first-order valence-corrected chi connectivity index (χ1v) is 28.3. The number of aromatic nitrogens is 3. The molecule has 5 heterocycles. The molecule has 2 bridgehead atoms. The topological polar surface area (TPSA) is 245 Å². The summed E-state index contributed by atoms with van der Waals surface area (Å²) in [5.74, 6) is -1.71. The maximum Gasteiger partial charge on any atom is 0.254 e. The van der Waals surface area contributed by atoms with Crippen LogP contribution >= 0.6 is 0 Å². The number of likely N-dealkylation sites (tertiary alicyclic amines) is 1. The van der Waals surface area contributed by atoms with Crippen LogP contribution in [0.2, 0.25) is 0 Å². The van der Waals surface area contributed by atoms with Gasteiger partial charge in [-0.2, -0.15) is 10.4 Å². The molecule has 3 aliphatic heterocycles. The Bertz CT molecular complexity index is 2890. The van der Waals surface area contributed by atoms with Gasteiger partial charge in [0.15, 0.2) is 0 Å². The second-order valence-electron chi connectivity index (χ2n) is 22.6. The standard InChI is InChI=1S/C59H80FN13O7/c1-8-46(38-13-10-9-11-14-38)67-56(76)50-31-41(35-72(50)58(78)45(59(3,4)5)34-66-55(75)37(2)63-6)64-21-26-80-28-27-79-25-20-52(74)69(7)23-24-73-51(32-61)53-39-29-49(54(62)65-33-39)70-22-12-15-48(70)44-30-40(60)16-19-43(44)57(77)71(42-17-18-42)36-47(53)68-73/h9-11,13-14,16,19,29-30,33,37,41-42,45-46,48,50,63-64H,8,12,15,17-18,20-28,31,34-36H2,1-7H3,(H2,62,65)(H,66,75)(H,67,76)/t37-,41-,45?,46+,48-,50-/m1/s1. The van der Waals surface area contributed by atoms with Crippen molar-refractivity contribution in [2.45, 2.75) is 129 Å². The number of ether oxygens (including phenoxy) is 2. The quantitative estimate of drug-likeness (QED) is 0.0608. The zero-order valence-corrected chi connectivity index (χ0v) is 47.4. The largest absolute Gasteiger partial charge is 0.382 e. The summed E-state index contributed by atoms with van der Waals surface area (Å²) in [5.41, 5.74) is 10.7. The number of fused-ring (bicyclic) bond motifs is 8. The predicted octanol–water partition coefficient (Wildman–Crippen LogP) is 5.09. The normalized spacial score (nSPS) is 19.2. The minimum Gasteiger partial charge on any atom is -0.382 e. The second-order valence-corrected chi connectivity index (χ2v) is 22.6. The summed E-state index contributed by atoms with van der Waals surface area (Å²) in [6.45, 7) is 12.8. The average Bonchev–Trinajstić information content (AvgIpc) is 3.83. The summed E-state index contributed by atoms with van der Waals surface area (Å²) in [5, 5.41) is 28.2. The van der Waals surface area contributed by atoms with Crippen LogP contribution in [-0.2, 0) is 41.7 Å². The number of rotatable bonds is 23. The molecule has 80 heavy (non-hydrogen) atoms. The number of nitrogen functional groups attached to an aromatic ring is 1. The number of nitrogens with two attached hydrogens (primary N) is 1. The molecule has 3 fully saturated rings. The molecule has 0 spiro atoms. The van der Waals surface area contributed by atoms with E-state index in [4.69, 9.17) is 20.3 Å². The van der Waals surface area contributed by atoms with Crippen molar-refractivity contribution >= 4 is 41.0 Å². The lowest BCUT2D eigenvalue weighted by molar-refractivity contribution is -0.144. The maximum absolute atomic E-state index is 14.9. The number of hydrogen-bond donors (Lipinski definition) is 5. The number of nitrogens with zero attached hydrogens (tertiary/aromatic N) is 8. The number of amides is 5. The Labute approximate surface area is 469 Å². The van der Waals surface area contributed by atoms with Crippen molar-refractivity contribution < 1.29 is 37.8 Å². The Morgan fingerprint density at radius 3 is 2.46 bits per heavy atom. The third-order valence-corrected chi connectivity index (χ3v) is 16.1. The van der Waals surface area contributed by atoms with E-state index >= 15 is 0 Å². The van der Waals surface area contributed by atoms with Crippen LogP contribution in [0.4, 0.5) is 15.9 Å². The van der Waals surface area contributed by atoms with Crippen LogP contribution in [-0.4, -0.2) is 156 Å². The highest BCUT2D eigenvalue weighted by atomic mass is 19.1. The Morgan fingerprint density at radius 1 is 1.01 bits per heavy atom. The van der Waals surface area contributed by atoms with Gasteiger partial charge in [0.2, 0.25) is 23.6 Å². The molecule has 1 unspecified atom stereocenters. The molecule has 4 aliphatic rings. The van der Waals surface area contributed by atoms with Gasteiger partial charge in [-0.1, -0.05) is 58.0 Å². The summed E-state index contributed by atoms with van der Waals surface area (Å²) in [6.07, 6.45) is 5.97. The Kier molecular flexibility index (Phi) is 19.6. The molecular weight excluding hydrogens is 1020 g/mol. The molecule has 20 nitrogen and oxygen atoms in total. The molecule has 4 aromatic rings. The van der Waals surface area contributed by atoms with Crippen molar-refractivity contribution in [2.75, 3.05) is 83.9 Å². The number of hydrogen-bond acceptors (Lipinski definition) is 14. The van der Waals surface area contributed by atoms with Crippen LogP contribution in [0.3, 0.4) is 0 Å². The fourth-order valence-electron chi connectivity index (χ4n) is 11.2. The number of halogens is 1. The highest BCUT2D eigenvalue weighted by molar-refractivity contribution is 5.97.